The third kappa shape index (κ3) is 2.70. The summed E-state index contributed by atoms with van der Waals surface area (Å²) >= 11 is 0. The van der Waals surface area contributed by atoms with E-state index in [1.54, 1.807) is 7.11 Å². The zero-order valence-electron chi connectivity index (χ0n) is 9.31. The number of aliphatic hydroxyl groups is 1. The van der Waals surface area contributed by atoms with E-state index in [0.29, 0.717) is 6.54 Å². The Kier molecular flexibility index (Phi) is 4.59. The number of hydrogen-bond acceptors (Lipinski definition) is 3. The monoisotopic (exact) mass is 209 g/mol. The fraction of sp³-hybridized carbons (Fsp3) is 0.500. The molecule has 0 fully saturated rings. The van der Waals surface area contributed by atoms with E-state index in [0.717, 1.165) is 17.7 Å². The Morgan fingerprint density at radius 2 is 2.07 bits per heavy atom. The molecular weight excluding hydrogens is 190 g/mol. The van der Waals surface area contributed by atoms with E-state index >= 15 is 0 Å². The topological polar surface area (TPSA) is 55.5 Å². The number of hydrogen-bond donors (Lipinski definition) is 2. The summed E-state index contributed by atoms with van der Waals surface area (Å²) in [6, 6.07) is 7.51. The summed E-state index contributed by atoms with van der Waals surface area (Å²) < 4.78 is 5.20. The van der Waals surface area contributed by atoms with E-state index in [2.05, 4.69) is 0 Å². The Hall–Kier alpha value is -1.06. The van der Waals surface area contributed by atoms with Gasteiger partial charge in [-0.1, -0.05) is 25.1 Å². The molecule has 0 bridgehead atoms. The van der Waals surface area contributed by atoms with E-state index in [1.807, 2.05) is 31.2 Å². The first-order chi connectivity index (χ1) is 7.24. The van der Waals surface area contributed by atoms with Crippen LogP contribution in [0.1, 0.15) is 25.0 Å². The average Bonchev–Trinajstić information content (AvgIpc) is 2.30. The number of methoxy groups -OCH3 is 1. The summed E-state index contributed by atoms with van der Waals surface area (Å²) in [6.45, 7) is 2.51. The van der Waals surface area contributed by atoms with Gasteiger partial charge >= 0.3 is 0 Å². The third-order valence-corrected chi connectivity index (χ3v) is 2.73. The minimum absolute atomic E-state index is 0.0845. The lowest BCUT2D eigenvalue weighted by Gasteiger charge is -2.21. The molecule has 0 aromatic heterocycles. The second kappa shape index (κ2) is 5.73. The Morgan fingerprint density at radius 3 is 2.60 bits per heavy atom. The lowest BCUT2D eigenvalue weighted by atomic mass is 9.93. The number of para-hydroxylation sites is 1. The van der Waals surface area contributed by atoms with Gasteiger partial charge < -0.3 is 15.6 Å². The van der Waals surface area contributed by atoms with Gasteiger partial charge in [-0.15, -0.1) is 0 Å². The second-order valence-corrected chi connectivity index (χ2v) is 3.59. The van der Waals surface area contributed by atoms with Crippen molar-refractivity contribution in [1.29, 1.82) is 0 Å². The van der Waals surface area contributed by atoms with Crippen LogP contribution in [0.4, 0.5) is 0 Å². The highest BCUT2D eigenvalue weighted by Crippen LogP contribution is 2.30. The van der Waals surface area contributed by atoms with Crippen molar-refractivity contribution in [2.24, 2.45) is 11.7 Å². The predicted octanol–water partition coefficient (Wildman–Crippen LogP) is 1.71. The van der Waals surface area contributed by atoms with Gasteiger partial charge in [-0.2, -0.15) is 0 Å². The van der Waals surface area contributed by atoms with E-state index in [1.165, 1.54) is 0 Å². The number of nitrogens with two attached hydrogens (primary N) is 1. The van der Waals surface area contributed by atoms with Crippen LogP contribution in [0.2, 0.25) is 0 Å². The molecule has 1 aromatic rings. The van der Waals surface area contributed by atoms with Gasteiger partial charge in [-0.3, -0.25) is 0 Å². The second-order valence-electron chi connectivity index (χ2n) is 3.59. The molecule has 0 aliphatic carbocycles. The van der Waals surface area contributed by atoms with Gasteiger partial charge in [0.15, 0.2) is 0 Å². The molecule has 1 aromatic carbocycles. The highest BCUT2D eigenvalue weighted by Gasteiger charge is 2.20. The lowest BCUT2D eigenvalue weighted by molar-refractivity contribution is 0.107. The van der Waals surface area contributed by atoms with E-state index in [9.17, 15) is 5.11 Å². The van der Waals surface area contributed by atoms with Crippen molar-refractivity contribution < 1.29 is 9.84 Å². The predicted molar refractivity (Wildman–Crippen MR) is 60.8 cm³/mol. The molecule has 2 atom stereocenters. The summed E-state index contributed by atoms with van der Waals surface area (Å²) in [7, 11) is 1.61. The Balaban J connectivity index is 2.93. The maximum atomic E-state index is 10.1. The maximum Gasteiger partial charge on any atom is 0.124 e. The molecule has 1 rings (SSSR count). The Labute approximate surface area is 90.9 Å². The molecule has 2 unspecified atom stereocenters. The van der Waals surface area contributed by atoms with Crippen LogP contribution >= 0.6 is 0 Å². The van der Waals surface area contributed by atoms with Crippen molar-refractivity contribution in [3.63, 3.8) is 0 Å². The quantitative estimate of drug-likeness (QED) is 0.776. The summed E-state index contributed by atoms with van der Waals surface area (Å²) in [5, 5.41) is 10.1. The average molecular weight is 209 g/mol. The van der Waals surface area contributed by atoms with Crippen molar-refractivity contribution in [3.8, 4) is 5.75 Å². The number of benzene rings is 1. The lowest BCUT2D eigenvalue weighted by Crippen LogP contribution is -2.21. The molecular formula is C12H19NO2. The SMILES string of the molecule is CCC(CN)C(O)c1ccccc1OC. The van der Waals surface area contributed by atoms with Crippen molar-refractivity contribution in [1.82, 2.24) is 0 Å². The minimum atomic E-state index is -0.545. The number of aliphatic hydroxyl groups excluding tert-OH is 1. The van der Waals surface area contributed by atoms with Crippen molar-refractivity contribution in [2.75, 3.05) is 13.7 Å². The molecule has 15 heavy (non-hydrogen) atoms. The Bertz CT molecular complexity index is 297. The van der Waals surface area contributed by atoms with E-state index in [-0.39, 0.29) is 5.92 Å². The molecule has 3 nitrogen and oxygen atoms in total. The van der Waals surface area contributed by atoms with Gasteiger partial charge in [0.1, 0.15) is 5.75 Å². The number of rotatable bonds is 5. The van der Waals surface area contributed by atoms with Gasteiger partial charge in [0, 0.05) is 11.5 Å². The molecule has 0 amide bonds. The summed E-state index contributed by atoms with van der Waals surface area (Å²) in [6.07, 6.45) is 0.312. The molecule has 0 aliphatic heterocycles. The molecule has 0 saturated carbocycles. The zero-order chi connectivity index (χ0) is 11.3. The smallest absolute Gasteiger partial charge is 0.124 e. The van der Waals surface area contributed by atoms with Gasteiger partial charge in [0.25, 0.3) is 0 Å². The summed E-state index contributed by atoms with van der Waals surface area (Å²) in [4.78, 5) is 0. The van der Waals surface area contributed by atoms with Crippen LogP contribution < -0.4 is 10.5 Å². The molecule has 0 saturated heterocycles. The summed E-state index contributed by atoms with van der Waals surface area (Å²) in [5.74, 6) is 0.804. The standard InChI is InChI=1S/C12H19NO2/c1-3-9(8-13)12(14)10-6-4-5-7-11(10)15-2/h4-7,9,12,14H,3,8,13H2,1-2H3. The van der Waals surface area contributed by atoms with Crippen LogP contribution in [0.3, 0.4) is 0 Å². The first-order valence-electron chi connectivity index (χ1n) is 5.25. The molecule has 0 radical (unpaired) electrons. The van der Waals surface area contributed by atoms with Crippen LogP contribution in [0.15, 0.2) is 24.3 Å². The molecule has 84 valence electrons. The van der Waals surface area contributed by atoms with E-state index in [4.69, 9.17) is 10.5 Å². The van der Waals surface area contributed by atoms with Crippen LogP contribution in [0.25, 0.3) is 0 Å². The van der Waals surface area contributed by atoms with Crippen molar-refractivity contribution >= 4 is 0 Å². The largest absolute Gasteiger partial charge is 0.496 e. The first kappa shape index (κ1) is 12.0. The normalized spacial score (nSPS) is 14.7. The van der Waals surface area contributed by atoms with Crippen LogP contribution in [-0.4, -0.2) is 18.8 Å². The first-order valence-corrected chi connectivity index (χ1v) is 5.25. The third-order valence-electron chi connectivity index (χ3n) is 2.73. The van der Waals surface area contributed by atoms with Crippen LogP contribution in [-0.2, 0) is 0 Å². The highest BCUT2D eigenvalue weighted by atomic mass is 16.5. The Morgan fingerprint density at radius 1 is 1.40 bits per heavy atom. The van der Waals surface area contributed by atoms with Crippen LogP contribution in [0.5, 0.6) is 5.75 Å². The van der Waals surface area contributed by atoms with Gasteiger partial charge in [0.05, 0.1) is 13.2 Å². The fourth-order valence-corrected chi connectivity index (χ4v) is 1.68. The van der Waals surface area contributed by atoms with Crippen molar-refractivity contribution in [3.05, 3.63) is 29.8 Å². The fourth-order valence-electron chi connectivity index (χ4n) is 1.68. The minimum Gasteiger partial charge on any atom is -0.496 e. The van der Waals surface area contributed by atoms with Crippen LogP contribution in [0, 0.1) is 5.92 Å². The van der Waals surface area contributed by atoms with Crippen molar-refractivity contribution in [2.45, 2.75) is 19.4 Å². The van der Waals surface area contributed by atoms with E-state index < -0.39 is 6.10 Å². The molecule has 0 heterocycles. The highest BCUT2D eigenvalue weighted by molar-refractivity contribution is 5.35. The molecule has 0 aliphatic rings. The maximum absolute atomic E-state index is 10.1. The molecule has 3 heteroatoms. The zero-order valence-corrected chi connectivity index (χ0v) is 9.31. The molecule has 0 spiro atoms. The van der Waals surface area contributed by atoms with Gasteiger partial charge in [-0.05, 0) is 19.0 Å². The van der Waals surface area contributed by atoms with Gasteiger partial charge in [-0.25, -0.2) is 0 Å². The number of ether oxygens (including phenoxy) is 1. The van der Waals surface area contributed by atoms with Gasteiger partial charge in [0.2, 0.25) is 0 Å². The molecule has 3 N–H and O–H groups in total. The summed E-state index contributed by atoms with van der Waals surface area (Å²) in [5.41, 5.74) is 6.43.